The van der Waals surface area contributed by atoms with Crippen LogP contribution in [0.25, 0.3) is 10.9 Å². The first kappa shape index (κ1) is 14.1. The van der Waals surface area contributed by atoms with Crippen molar-refractivity contribution in [3.8, 4) is 11.5 Å². The number of nitrogens with one attached hydrogen (secondary N) is 1. The summed E-state index contributed by atoms with van der Waals surface area (Å²) >= 11 is 0. The molecular weight excluding hydrogens is 266 g/mol. The molecule has 1 saturated heterocycles. The van der Waals surface area contributed by atoms with Crippen LogP contribution in [-0.4, -0.2) is 36.8 Å². The van der Waals surface area contributed by atoms with Gasteiger partial charge in [-0.2, -0.15) is 0 Å². The van der Waals surface area contributed by atoms with Crippen molar-refractivity contribution in [1.29, 1.82) is 0 Å². The molecule has 0 saturated carbocycles. The maximum absolute atomic E-state index is 5.93. The van der Waals surface area contributed by atoms with Crippen LogP contribution in [0, 0.1) is 5.92 Å². The fourth-order valence-electron chi connectivity index (χ4n) is 2.77. The van der Waals surface area contributed by atoms with Gasteiger partial charge in [0.15, 0.2) is 11.5 Å². The van der Waals surface area contributed by atoms with E-state index in [0.717, 1.165) is 54.4 Å². The number of ether oxygens (including phenoxy) is 2. The Balaban J connectivity index is 1.67. The molecule has 0 atom stereocenters. The fraction of sp³-hybridized carbons (Fsp3) is 0.500. The Morgan fingerprint density at radius 3 is 2.90 bits per heavy atom. The van der Waals surface area contributed by atoms with Gasteiger partial charge in [-0.05, 0) is 44.3 Å². The maximum Gasteiger partial charge on any atom is 0.163 e. The number of nitrogens with zero attached hydrogens (tertiary/aromatic N) is 2. The molecular formula is C16H21N3O2. The molecule has 3 rings (SSSR count). The van der Waals surface area contributed by atoms with Crippen molar-refractivity contribution >= 4 is 10.9 Å². The quantitative estimate of drug-likeness (QED) is 0.915. The zero-order valence-corrected chi connectivity index (χ0v) is 12.3. The van der Waals surface area contributed by atoms with E-state index >= 15 is 0 Å². The monoisotopic (exact) mass is 287 g/mol. The van der Waals surface area contributed by atoms with Crippen LogP contribution in [0.4, 0.5) is 0 Å². The summed E-state index contributed by atoms with van der Waals surface area (Å²) in [6.45, 7) is 2.97. The minimum atomic E-state index is 0.720. The molecule has 0 spiro atoms. The molecule has 0 aliphatic carbocycles. The number of benzene rings is 1. The van der Waals surface area contributed by atoms with Gasteiger partial charge in [0.2, 0.25) is 0 Å². The first-order valence-corrected chi connectivity index (χ1v) is 7.48. The van der Waals surface area contributed by atoms with E-state index in [-0.39, 0.29) is 0 Å². The molecule has 1 aliphatic rings. The van der Waals surface area contributed by atoms with Gasteiger partial charge in [0.25, 0.3) is 0 Å². The largest absolute Gasteiger partial charge is 0.493 e. The summed E-state index contributed by atoms with van der Waals surface area (Å²) in [6, 6.07) is 3.85. The second-order valence-electron chi connectivity index (χ2n) is 5.42. The lowest BCUT2D eigenvalue weighted by atomic mass is 9.95. The Morgan fingerprint density at radius 1 is 1.24 bits per heavy atom. The third-order valence-electron chi connectivity index (χ3n) is 4.03. The lowest BCUT2D eigenvalue weighted by Gasteiger charge is -2.22. The van der Waals surface area contributed by atoms with Gasteiger partial charge in [0.1, 0.15) is 6.33 Å². The SMILES string of the molecule is COc1cc2cncnc2cc1OCCC1CCNCC1. The molecule has 2 aromatic rings. The lowest BCUT2D eigenvalue weighted by Crippen LogP contribution is -2.28. The number of aromatic nitrogens is 2. The lowest BCUT2D eigenvalue weighted by molar-refractivity contribution is 0.243. The third-order valence-corrected chi connectivity index (χ3v) is 4.03. The van der Waals surface area contributed by atoms with Crippen LogP contribution in [-0.2, 0) is 0 Å². The van der Waals surface area contributed by atoms with Crippen LogP contribution in [0.2, 0.25) is 0 Å². The van der Waals surface area contributed by atoms with Crippen LogP contribution in [0.5, 0.6) is 11.5 Å². The molecule has 1 N–H and O–H groups in total. The van der Waals surface area contributed by atoms with Gasteiger partial charge in [-0.1, -0.05) is 0 Å². The summed E-state index contributed by atoms with van der Waals surface area (Å²) < 4.78 is 11.3. The maximum atomic E-state index is 5.93. The molecule has 1 aromatic carbocycles. The number of piperidine rings is 1. The third kappa shape index (κ3) is 3.42. The van der Waals surface area contributed by atoms with Crippen LogP contribution < -0.4 is 14.8 Å². The Hall–Kier alpha value is -1.88. The standard InChI is InChI=1S/C16H21N3O2/c1-20-15-8-13-10-18-11-19-14(13)9-16(15)21-7-4-12-2-5-17-6-3-12/h8-12,17H,2-7H2,1H3. The summed E-state index contributed by atoms with van der Waals surface area (Å²) in [4.78, 5) is 8.29. The predicted molar refractivity (Wildman–Crippen MR) is 81.8 cm³/mol. The van der Waals surface area contributed by atoms with E-state index in [1.165, 1.54) is 12.8 Å². The molecule has 5 nitrogen and oxygen atoms in total. The van der Waals surface area contributed by atoms with E-state index in [4.69, 9.17) is 9.47 Å². The van der Waals surface area contributed by atoms with Crippen LogP contribution in [0.3, 0.4) is 0 Å². The smallest absolute Gasteiger partial charge is 0.163 e. The molecule has 0 bridgehead atoms. The van der Waals surface area contributed by atoms with E-state index in [2.05, 4.69) is 15.3 Å². The van der Waals surface area contributed by atoms with Crippen molar-refractivity contribution in [2.45, 2.75) is 19.3 Å². The first-order chi connectivity index (χ1) is 10.4. The topological polar surface area (TPSA) is 56.3 Å². The molecule has 5 heteroatoms. The second kappa shape index (κ2) is 6.72. The average Bonchev–Trinajstić information content (AvgIpc) is 2.55. The van der Waals surface area contributed by atoms with Gasteiger partial charge in [0.05, 0.1) is 19.2 Å². The number of hydrogen-bond donors (Lipinski definition) is 1. The summed E-state index contributed by atoms with van der Waals surface area (Å²) in [5.74, 6) is 2.26. The van der Waals surface area contributed by atoms with Crippen molar-refractivity contribution in [2.24, 2.45) is 5.92 Å². The Bertz CT molecular complexity index is 597. The van der Waals surface area contributed by atoms with Crippen molar-refractivity contribution in [3.05, 3.63) is 24.7 Å². The Labute approximate surface area is 124 Å². The second-order valence-corrected chi connectivity index (χ2v) is 5.42. The Kier molecular flexibility index (Phi) is 4.50. The zero-order chi connectivity index (χ0) is 14.5. The van der Waals surface area contributed by atoms with Gasteiger partial charge < -0.3 is 14.8 Å². The van der Waals surface area contributed by atoms with Gasteiger partial charge in [0, 0.05) is 17.6 Å². The number of fused-ring (bicyclic) bond motifs is 1. The van der Waals surface area contributed by atoms with E-state index in [1.54, 1.807) is 19.6 Å². The van der Waals surface area contributed by atoms with Gasteiger partial charge >= 0.3 is 0 Å². The molecule has 0 radical (unpaired) electrons. The fourth-order valence-corrected chi connectivity index (χ4v) is 2.77. The minimum absolute atomic E-state index is 0.720. The molecule has 1 fully saturated rings. The van der Waals surface area contributed by atoms with Gasteiger partial charge in [-0.15, -0.1) is 0 Å². The first-order valence-electron chi connectivity index (χ1n) is 7.48. The molecule has 0 unspecified atom stereocenters. The van der Waals surface area contributed by atoms with Crippen molar-refractivity contribution in [3.63, 3.8) is 0 Å². The van der Waals surface area contributed by atoms with Crippen molar-refractivity contribution in [1.82, 2.24) is 15.3 Å². The van der Waals surface area contributed by atoms with Crippen LogP contribution in [0.1, 0.15) is 19.3 Å². The molecule has 1 aliphatic heterocycles. The minimum Gasteiger partial charge on any atom is -0.493 e. The summed E-state index contributed by atoms with van der Waals surface area (Å²) in [5, 5.41) is 4.34. The van der Waals surface area contributed by atoms with Gasteiger partial charge in [-0.3, -0.25) is 0 Å². The van der Waals surface area contributed by atoms with E-state index in [0.29, 0.717) is 0 Å². The van der Waals surface area contributed by atoms with E-state index in [9.17, 15) is 0 Å². The van der Waals surface area contributed by atoms with Crippen LogP contribution >= 0.6 is 0 Å². The summed E-state index contributed by atoms with van der Waals surface area (Å²) in [7, 11) is 1.66. The summed E-state index contributed by atoms with van der Waals surface area (Å²) in [6.07, 6.45) is 6.90. The van der Waals surface area contributed by atoms with E-state index < -0.39 is 0 Å². The van der Waals surface area contributed by atoms with Gasteiger partial charge in [-0.25, -0.2) is 9.97 Å². The van der Waals surface area contributed by atoms with Crippen molar-refractivity contribution < 1.29 is 9.47 Å². The highest BCUT2D eigenvalue weighted by Gasteiger charge is 2.14. The molecule has 112 valence electrons. The number of hydrogen-bond acceptors (Lipinski definition) is 5. The highest BCUT2D eigenvalue weighted by Crippen LogP contribution is 2.31. The van der Waals surface area contributed by atoms with E-state index in [1.807, 2.05) is 12.1 Å². The number of rotatable bonds is 5. The van der Waals surface area contributed by atoms with Crippen LogP contribution in [0.15, 0.2) is 24.7 Å². The zero-order valence-electron chi connectivity index (χ0n) is 12.3. The molecule has 21 heavy (non-hydrogen) atoms. The highest BCUT2D eigenvalue weighted by molar-refractivity contribution is 5.81. The average molecular weight is 287 g/mol. The highest BCUT2D eigenvalue weighted by atomic mass is 16.5. The predicted octanol–water partition coefficient (Wildman–Crippen LogP) is 2.41. The molecule has 1 aromatic heterocycles. The Morgan fingerprint density at radius 2 is 2.10 bits per heavy atom. The van der Waals surface area contributed by atoms with Crippen molar-refractivity contribution in [2.75, 3.05) is 26.8 Å². The summed E-state index contributed by atoms with van der Waals surface area (Å²) in [5.41, 5.74) is 0.877. The molecule has 0 amide bonds. The molecule has 2 heterocycles. The normalized spacial score (nSPS) is 16.0. The number of methoxy groups -OCH3 is 1.